The Labute approximate surface area is 142 Å². The molecule has 6 nitrogen and oxygen atoms in total. The van der Waals surface area contributed by atoms with Crippen molar-refractivity contribution in [3.8, 4) is 5.75 Å². The fraction of sp³-hybridized carbons (Fsp3) is 0.294. The second-order valence-electron chi connectivity index (χ2n) is 5.22. The van der Waals surface area contributed by atoms with Crippen molar-refractivity contribution >= 4 is 22.6 Å². The van der Waals surface area contributed by atoms with Crippen LogP contribution in [0.15, 0.2) is 36.4 Å². The quantitative estimate of drug-likeness (QED) is 0.762. The first-order valence-corrected chi connectivity index (χ1v) is 7.42. The molecule has 0 saturated heterocycles. The van der Waals surface area contributed by atoms with E-state index in [1.165, 1.54) is 19.2 Å². The molecule has 25 heavy (non-hydrogen) atoms. The number of methoxy groups -OCH3 is 1. The Hall–Kier alpha value is -2.74. The van der Waals surface area contributed by atoms with E-state index in [9.17, 15) is 18.4 Å². The number of carbonyl (C=O) groups is 2. The van der Waals surface area contributed by atoms with Gasteiger partial charge in [-0.3, -0.25) is 4.79 Å². The third-order valence-electron chi connectivity index (χ3n) is 3.52. The average Bonchev–Trinajstić information content (AvgIpc) is 2.57. The standard InChI is InChI=1S/C17H17F2NO5/c1-24-7-6-13(16(22)23)20-15(21)12-8-10-4-2-3-5-11(10)9-14(12)25-17(18)19/h2-5,8-9,13,17H,6-7H2,1H3,(H,20,21)(H,22,23). The van der Waals surface area contributed by atoms with Gasteiger partial charge in [0.05, 0.1) is 5.56 Å². The third-order valence-corrected chi connectivity index (χ3v) is 3.52. The minimum Gasteiger partial charge on any atom is -0.480 e. The average molecular weight is 353 g/mol. The number of hydrogen-bond acceptors (Lipinski definition) is 4. The van der Waals surface area contributed by atoms with Crippen molar-refractivity contribution in [2.75, 3.05) is 13.7 Å². The maximum Gasteiger partial charge on any atom is 0.387 e. The summed E-state index contributed by atoms with van der Waals surface area (Å²) < 4.78 is 34.6. The number of aliphatic carboxylic acids is 1. The van der Waals surface area contributed by atoms with Crippen molar-refractivity contribution in [2.24, 2.45) is 0 Å². The largest absolute Gasteiger partial charge is 0.480 e. The van der Waals surface area contributed by atoms with E-state index in [1.807, 2.05) is 0 Å². The van der Waals surface area contributed by atoms with Crippen molar-refractivity contribution in [3.63, 3.8) is 0 Å². The lowest BCUT2D eigenvalue weighted by Gasteiger charge is -2.16. The second-order valence-corrected chi connectivity index (χ2v) is 5.22. The summed E-state index contributed by atoms with van der Waals surface area (Å²) in [6, 6.07) is 8.35. The maximum atomic E-state index is 12.7. The molecule has 0 radical (unpaired) electrons. The van der Waals surface area contributed by atoms with Gasteiger partial charge in [0.15, 0.2) is 0 Å². The zero-order chi connectivity index (χ0) is 18.4. The Morgan fingerprint density at radius 2 is 1.84 bits per heavy atom. The van der Waals surface area contributed by atoms with E-state index in [4.69, 9.17) is 9.84 Å². The minimum absolute atomic E-state index is 0.0379. The van der Waals surface area contributed by atoms with E-state index >= 15 is 0 Å². The number of alkyl halides is 2. The van der Waals surface area contributed by atoms with Gasteiger partial charge in [-0.05, 0) is 22.9 Å². The Morgan fingerprint density at radius 3 is 2.40 bits per heavy atom. The summed E-state index contributed by atoms with van der Waals surface area (Å²) >= 11 is 0. The number of halogens is 2. The van der Waals surface area contributed by atoms with Gasteiger partial charge in [0, 0.05) is 20.1 Å². The molecule has 2 aromatic rings. The molecule has 2 rings (SSSR count). The van der Waals surface area contributed by atoms with Crippen LogP contribution in [-0.2, 0) is 9.53 Å². The first kappa shape index (κ1) is 18.6. The van der Waals surface area contributed by atoms with Gasteiger partial charge in [0.1, 0.15) is 11.8 Å². The van der Waals surface area contributed by atoms with Crippen LogP contribution in [0, 0.1) is 0 Å². The van der Waals surface area contributed by atoms with E-state index in [1.54, 1.807) is 24.3 Å². The molecule has 0 aliphatic carbocycles. The first-order valence-electron chi connectivity index (χ1n) is 7.42. The molecule has 1 atom stereocenters. The lowest BCUT2D eigenvalue weighted by atomic mass is 10.0. The number of nitrogens with one attached hydrogen (secondary N) is 1. The van der Waals surface area contributed by atoms with Crippen molar-refractivity contribution in [3.05, 3.63) is 42.0 Å². The van der Waals surface area contributed by atoms with Crippen LogP contribution in [0.1, 0.15) is 16.8 Å². The summed E-state index contributed by atoms with van der Waals surface area (Å²) in [7, 11) is 1.40. The number of rotatable bonds is 8. The molecule has 0 fully saturated rings. The lowest BCUT2D eigenvalue weighted by molar-refractivity contribution is -0.139. The molecule has 0 aliphatic rings. The zero-order valence-electron chi connectivity index (χ0n) is 13.4. The highest BCUT2D eigenvalue weighted by molar-refractivity contribution is 6.02. The number of carbonyl (C=O) groups excluding carboxylic acids is 1. The van der Waals surface area contributed by atoms with Crippen LogP contribution in [-0.4, -0.2) is 43.4 Å². The van der Waals surface area contributed by atoms with Crippen LogP contribution in [0.4, 0.5) is 8.78 Å². The third kappa shape index (κ3) is 4.87. The van der Waals surface area contributed by atoms with Gasteiger partial charge in [-0.1, -0.05) is 24.3 Å². The van der Waals surface area contributed by atoms with E-state index in [0.717, 1.165) is 0 Å². The van der Waals surface area contributed by atoms with E-state index in [-0.39, 0.29) is 24.3 Å². The van der Waals surface area contributed by atoms with E-state index in [2.05, 4.69) is 10.1 Å². The Bertz CT molecular complexity index is 766. The van der Waals surface area contributed by atoms with Gasteiger partial charge in [-0.15, -0.1) is 0 Å². The van der Waals surface area contributed by atoms with Crippen LogP contribution in [0.2, 0.25) is 0 Å². The molecule has 1 amide bonds. The first-order chi connectivity index (χ1) is 11.9. The number of carboxylic acids is 1. The highest BCUT2D eigenvalue weighted by Crippen LogP contribution is 2.27. The number of hydrogen-bond donors (Lipinski definition) is 2. The lowest BCUT2D eigenvalue weighted by Crippen LogP contribution is -2.41. The van der Waals surface area contributed by atoms with Gasteiger partial charge in [-0.25, -0.2) is 4.79 Å². The molecule has 8 heteroatoms. The predicted octanol–water partition coefficient (Wildman–Crippen LogP) is 2.66. The van der Waals surface area contributed by atoms with Crippen LogP contribution in [0.25, 0.3) is 10.8 Å². The minimum atomic E-state index is -3.11. The van der Waals surface area contributed by atoms with Gasteiger partial charge in [-0.2, -0.15) is 8.78 Å². The second kappa shape index (κ2) is 8.39. The molecule has 134 valence electrons. The van der Waals surface area contributed by atoms with Gasteiger partial charge in [0.25, 0.3) is 5.91 Å². The van der Waals surface area contributed by atoms with Crippen LogP contribution < -0.4 is 10.1 Å². The fourth-order valence-corrected chi connectivity index (χ4v) is 2.32. The Morgan fingerprint density at radius 1 is 1.20 bits per heavy atom. The summed E-state index contributed by atoms with van der Waals surface area (Å²) in [6.45, 7) is -2.99. The molecule has 2 aromatic carbocycles. The van der Waals surface area contributed by atoms with Crippen molar-refractivity contribution in [1.29, 1.82) is 0 Å². The number of fused-ring (bicyclic) bond motifs is 1. The van der Waals surface area contributed by atoms with Crippen LogP contribution >= 0.6 is 0 Å². The SMILES string of the molecule is COCCC(NC(=O)c1cc2ccccc2cc1OC(F)F)C(=O)O. The predicted molar refractivity (Wildman–Crippen MR) is 86.0 cm³/mol. The van der Waals surface area contributed by atoms with E-state index in [0.29, 0.717) is 10.8 Å². The zero-order valence-corrected chi connectivity index (χ0v) is 13.4. The summed E-state index contributed by atoms with van der Waals surface area (Å²) in [5.41, 5.74) is -0.164. The Balaban J connectivity index is 2.35. The summed E-state index contributed by atoms with van der Waals surface area (Å²) in [4.78, 5) is 23.7. The molecular formula is C17H17F2NO5. The molecule has 0 spiro atoms. The topological polar surface area (TPSA) is 84.9 Å². The van der Waals surface area contributed by atoms with Gasteiger partial charge >= 0.3 is 12.6 Å². The molecule has 1 unspecified atom stereocenters. The molecule has 0 bridgehead atoms. The van der Waals surface area contributed by atoms with Crippen molar-refractivity contribution < 1.29 is 33.0 Å². The normalized spacial score (nSPS) is 12.2. The van der Waals surface area contributed by atoms with Gasteiger partial charge < -0.3 is 19.9 Å². The molecule has 0 aliphatic heterocycles. The smallest absolute Gasteiger partial charge is 0.387 e. The molecule has 2 N–H and O–H groups in total. The van der Waals surface area contributed by atoms with Gasteiger partial charge in [0.2, 0.25) is 0 Å². The molecule has 0 heterocycles. The van der Waals surface area contributed by atoms with Crippen molar-refractivity contribution in [2.45, 2.75) is 19.1 Å². The van der Waals surface area contributed by atoms with Crippen LogP contribution in [0.3, 0.4) is 0 Å². The number of amides is 1. The number of benzene rings is 2. The summed E-state index contributed by atoms with van der Waals surface area (Å²) in [5.74, 6) is -2.38. The van der Waals surface area contributed by atoms with Crippen LogP contribution in [0.5, 0.6) is 5.75 Å². The Kier molecular flexibility index (Phi) is 6.24. The highest BCUT2D eigenvalue weighted by Gasteiger charge is 2.23. The molecular weight excluding hydrogens is 336 g/mol. The molecule has 0 aromatic heterocycles. The molecule has 0 saturated carbocycles. The maximum absolute atomic E-state index is 12.7. The van der Waals surface area contributed by atoms with E-state index < -0.39 is 24.5 Å². The highest BCUT2D eigenvalue weighted by atomic mass is 19.3. The van der Waals surface area contributed by atoms with Crippen molar-refractivity contribution in [1.82, 2.24) is 5.32 Å². The number of ether oxygens (including phenoxy) is 2. The summed E-state index contributed by atoms with van der Waals surface area (Å²) in [5, 5.41) is 12.7. The summed E-state index contributed by atoms with van der Waals surface area (Å²) in [6.07, 6.45) is 0.0379. The fourth-order valence-electron chi connectivity index (χ4n) is 2.32. The number of carboxylic acid groups (broad SMARTS) is 1. The monoisotopic (exact) mass is 353 g/mol.